The van der Waals surface area contributed by atoms with Crippen molar-refractivity contribution in [2.45, 2.75) is 131 Å². The molecule has 24 nitrogen and oxygen atoms in total. The number of carbonyl (C=O) groups is 6. The molecule has 2 amide bonds. The van der Waals surface area contributed by atoms with Crippen LogP contribution in [0.5, 0.6) is 0 Å². The summed E-state index contributed by atoms with van der Waals surface area (Å²) in [6, 6.07) is -2.95. The number of methoxy groups -OCH3 is 1. The van der Waals surface area contributed by atoms with Crippen molar-refractivity contribution in [2.75, 3.05) is 20.3 Å². The number of aldehydes is 2. The van der Waals surface area contributed by atoms with E-state index < -0.39 is 147 Å². The van der Waals surface area contributed by atoms with Crippen LogP contribution >= 0.6 is 0 Å². The normalized spacial score (nSPS) is 38.7. The van der Waals surface area contributed by atoms with E-state index in [4.69, 9.17) is 37.9 Å². The number of hydrogen-bond acceptors (Lipinski definition) is 20. The number of carboxylic acid groups (broad SMARTS) is 2. The van der Waals surface area contributed by atoms with E-state index in [-0.39, 0.29) is 12.6 Å². The molecule has 0 radical (unpaired) electrons. The zero-order chi connectivity index (χ0) is 40.6. The Labute approximate surface area is 306 Å². The Kier molecular flexibility index (Phi) is 16.7. The number of aliphatic hydroxyl groups excluding tert-OH is 6. The minimum Gasteiger partial charge on any atom is -0.479 e. The molecule has 0 spiro atoms. The van der Waals surface area contributed by atoms with Crippen molar-refractivity contribution >= 4 is 36.3 Å². The minimum atomic E-state index is -2.44. The van der Waals surface area contributed by atoms with E-state index in [2.05, 4.69) is 10.6 Å². The molecule has 308 valence electrons. The number of carboxylic acids is 2. The molecule has 0 bridgehead atoms. The molecule has 3 aliphatic heterocycles. The Morgan fingerprint density at radius 1 is 0.741 bits per heavy atom. The van der Waals surface area contributed by atoms with Gasteiger partial charge < -0.3 is 94.2 Å². The number of hydrogen-bond donors (Lipinski definition) is 10. The Morgan fingerprint density at radius 2 is 1.31 bits per heavy atom. The van der Waals surface area contributed by atoms with Crippen molar-refractivity contribution in [3.8, 4) is 0 Å². The van der Waals surface area contributed by atoms with Gasteiger partial charge in [-0.2, -0.15) is 0 Å². The summed E-state index contributed by atoms with van der Waals surface area (Å²) in [5.74, 6) is -5.06. The van der Waals surface area contributed by atoms with Gasteiger partial charge >= 0.3 is 11.9 Å². The van der Waals surface area contributed by atoms with Gasteiger partial charge in [0.05, 0.1) is 25.4 Å². The van der Waals surface area contributed by atoms with Gasteiger partial charge in [-0.15, -0.1) is 0 Å². The predicted molar refractivity (Wildman–Crippen MR) is 167 cm³/mol. The van der Waals surface area contributed by atoms with Crippen LogP contribution in [0.15, 0.2) is 0 Å². The largest absolute Gasteiger partial charge is 0.479 e. The first-order valence-corrected chi connectivity index (χ1v) is 16.4. The van der Waals surface area contributed by atoms with Gasteiger partial charge in [-0.25, -0.2) is 9.59 Å². The molecule has 3 rings (SSSR count). The van der Waals surface area contributed by atoms with Gasteiger partial charge in [-0.1, -0.05) is 0 Å². The number of amides is 2. The summed E-state index contributed by atoms with van der Waals surface area (Å²) in [6.45, 7) is 1.82. The summed E-state index contributed by atoms with van der Waals surface area (Å²) in [5, 5.41) is 87.1. The van der Waals surface area contributed by atoms with Crippen LogP contribution < -0.4 is 10.6 Å². The zero-order valence-electron chi connectivity index (χ0n) is 29.3. The molecule has 18 atom stereocenters. The fraction of sp³-hybridized carbons (Fsp3) is 0.800. The van der Waals surface area contributed by atoms with E-state index >= 15 is 0 Å². The highest BCUT2D eigenvalue weighted by molar-refractivity contribution is 5.79. The van der Waals surface area contributed by atoms with Gasteiger partial charge in [0.1, 0.15) is 61.0 Å². The quantitative estimate of drug-likeness (QED) is 0.0456. The van der Waals surface area contributed by atoms with Crippen molar-refractivity contribution in [1.82, 2.24) is 10.6 Å². The van der Waals surface area contributed by atoms with Crippen LogP contribution in [0.4, 0.5) is 0 Å². The average Bonchev–Trinajstić information content (AvgIpc) is 3.11. The van der Waals surface area contributed by atoms with Crippen molar-refractivity contribution in [2.24, 2.45) is 0 Å². The van der Waals surface area contributed by atoms with E-state index in [1.807, 2.05) is 0 Å². The molecular formula is C30H46N2O22. The third kappa shape index (κ3) is 10.5. The second kappa shape index (κ2) is 20.0. The lowest BCUT2D eigenvalue weighted by molar-refractivity contribution is -0.345. The Hall–Kier alpha value is -3.34. The van der Waals surface area contributed by atoms with Gasteiger partial charge in [0.15, 0.2) is 43.5 Å². The summed E-state index contributed by atoms with van der Waals surface area (Å²) >= 11 is 0. The molecule has 24 heteroatoms. The highest BCUT2D eigenvalue weighted by atomic mass is 16.7. The maximum Gasteiger partial charge on any atom is 0.336 e. The first-order chi connectivity index (χ1) is 25.4. The number of carbonyl (C=O) groups excluding carboxylic acids is 4. The molecule has 0 aromatic carbocycles. The first-order valence-electron chi connectivity index (χ1n) is 16.4. The molecule has 17 unspecified atom stereocenters. The SMILES string of the molecule is COC1C(C(=O)O)OC(OC2C(O)C(CO)OC(OC(C=O)C(OC(C=O)OC3C(O)C(CO)O[C@H](C)C3NC(C)=O)C(=O)O)C2NC(C)=O)C(O)C1O. The van der Waals surface area contributed by atoms with Crippen LogP contribution in [-0.4, -0.2) is 208 Å². The maximum atomic E-state index is 12.4. The molecule has 0 aromatic rings. The zero-order valence-corrected chi connectivity index (χ0v) is 29.3. The molecule has 3 heterocycles. The summed E-state index contributed by atoms with van der Waals surface area (Å²) in [5.41, 5.74) is 0. The van der Waals surface area contributed by atoms with E-state index in [9.17, 15) is 69.6 Å². The van der Waals surface area contributed by atoms with Gasteiger partial charge in [0.2, 0.25) is 18.1 Å². The van der Waals surface area contributed by atoms with E-state index in [1.165, 1.54) is 6.92 Å². The molecule has 54 heavy (non-hydrogen) atoms. The number of aliphatic hydroxyl groups is 6. The summed E-state index contributed by atoms with van der Waals surface area (Å²) in [4.78, 5) is 72.9. The van der Waals surface area contributed by atoms with Crippen LogP contribution in [0.25, 0.3) is 0 Å². The average molecular weight is 787 g/mol. The Morgan fingerprint density at radius 3 is 1.81 bits per heavy atom. The Bertz CT molecular complexity index is 1310. The number of rotatable bonds is 18. The fourth-order valence-electron chi connectivity index (χ4n) is 6.18. The number of ether oxygens (including phenoxy) is 8. The number of nitrogens with one attached hydrogen (secondary N) is 2. The summed E-state index contributed by atoms with van der Waals surface area (Å²) in [7, 11) is 1.04. The topological polar surface area (TPSA) is 362 Å². The fourth-order valence-corrected chi connectivity index (χ4v) is 6.18. The summed E-state index contributed by atoms with van der Waals surface area (Å²) in [6.07, 6.45) is -29.6. The van der Waals surface area contributed by atoms with Crippen LogP contribution in [0.2, 0.25) is 0 Å². The Balaban J connectivity index is 1.92. The minimum absolute atomic E-state index is 0.0505. The summed E-state index contributed by atoms with van der Waals surface area (Å²) < 4.78 is 43.4. The van der Waals surface area contributed by atoms with Crippen molar-refractivity contribution in [3.63, 3.8) is 0 Å². The first kappa shape index (κ1) is 45.1. The van der Waals surface area contributed by atoms with Crippen molar-refractivity contribution in [1.29, 1.82) is 0 Å². The molecule has 10 N–H and O–H groups in total. The van der Waals surface area contributed by atoms with E-state index in [0.29, 0.717) is 0 Å². The van der Waals surface area contributed by atoms with E-state index in [1.54, 1.807) is 0 Å². The lowest BCUT2D eigenvalue weighted by Crippen LogP contribution is -2.69. The standard InChI is InChI=1S/C30H46N2O22/c1-9-16(31-10(2)37)23(18(39)12(5-33)48-9)52-15(8-36)51-22(27(43)44)14(7-35)50-29-17(32-11(3)38)24(19(40)13(6-34)49-29)53-30-21(42)20(41)25(47-4)26(54-30)28(45)46/h7-9,12-26,29-30,33-34,39-42H,5-6H2,1-4H3,(H,31,37)(H,32,38)(H,43,44)(H,45,46)/t9-,12?,13?,14?,15?,16?,17?,18?,19?,20?,21?,22?,23?,24?,25?,26?,29?,30?/m1/s1. The van der Waals surface area contributed by atoms with Gasteiger partial charge in [-0.05, 0) is 6.92 Å². The predicted octanol–water partition coefficient (Wildman–Crippen LogP) is -6.89. The van der Waals surface area contributed by atoms with Crippen molar-refractivity contribution in [3.05, 3.63) is 0 Å². The molecule has 0 aromatic heterocycles. The van der Waals surface area contributed by atoms with Crippen LogP contribution in [0, 0.1) is 0 Å². The smallest absolute Gasteiger partial charge is 0.336 e. The molecule has 3 aliphatic rings. The van der Waals surface area contributed by atoms with Gasteiger partial charge in [0, 0.05) is 21.0 Å². The van der Waals surface area contributed by atoms with Gasteiger partial charge in [0.25, 0.3) is 0 Å². The highest BCUT2D eigenvalue weighted by Gasteiger charge is 2.54. The third-order valence-electron chi connectivity index (χ3n) is 8.74. The number of aliphatic carboxylic acids is 2. The van der Waals surface area contributed by atoms with Crippen LogP contribution in [0.3, 0.4) is 0 Å². The lowest BCUT2D eigenvalue weighted by Gasteiger charge is -2.47. The molecule has 3 saturated heterocycles. The van der Waals surface area contributed by atoms with Crippen molar-refractivity contribution < 1.29 is 108 Å². The molecule has 3 fully saturated rings. The van der Waals surface area contributed by atoms with E-state index in [0.717, 1.165) is 21.0 Å². The third-order valence-corrected chi connectivity index (χ3v) is 8.74. The second-order valence-corrected chi connectivity index (χ2v) is 12.5. The van der Waals surface area contributed by atoms with Gasteiger partial charge in [-0.3, -0.25) is 14.4 Å². The molecular weight excluding hydrogens is 740 g/mol. The second-order valence-electron chi connectivity index (χ2n) is 12.5. The van der Waals surface area contributed by atoms with Crippen LogP contribution in [-0.2, 0) is 66.7 Å². The monoisotopic (exact) mass is 786 g/mol. The molecule has 0 aliphatic carbocycles. The highest BCUT2D eigenvalue weighted by Crippen LogP contribution is 2.32. The maximum absolute atomic E-state index is 12.4. The van der Waals surface area contributed by atoms with Crippen LogP contribution in [0.1, 0.15) is 20.8 Å². The molecule has 0 saturated carbocycles. The lowest BCUT2D eigenvalue weighted by atomic mass is 9.93.